The summed E-state index contributed by atoms with van der Waals surface area (Å²) in [4.78, 5) is 2.70. The smallest absolute Gasteiger partial charge is 0.175 e. The molecule has 4 nitrogen and oxygen atoms in total. The molecule has 1 heterocycles. The molecule has 0 aliphatic carbocycles. The van der Waals surface area contributed by atoms with Crippen LogP contribution >= 0.6 is 0 Å². The fraction of sp³-hybridized carbons (Fsp3) is 0.571. The van der Waals surface area contributed by atoms with Crippen LogP contribution in [-0.2, 0) is 9.84 Å². The molecule has 5 heteroatoms. The predicted octanol–water partition coefficient (Wildman–Crippen LogP) is 1.35. The SMILES string of the molecule is Cc1ccc(C2CC(CN)CN2C)cc1S(C)(=O)=O. The zero-order valence-electron chi connectivity index (χ0n) is 11.8. The number of nitrogens with two attached hydrogens (primary N) is 1. The van der Waals surface area contributed by atoms with E-state index < -0.39 is 9.84 Å². The van der Waals surface area contributed by atoms with Crippen molar-refractivity contribution in [1.29, 1.82) is 0 Å². The fourth-order valence-electron chi connectivity index (χ4n) is 2.89. The lowest BCUT2D eigenvalue weighted by molar-refractivity contribution is 0.313. The zero-order chi connectivity index (χ0) is 14.2. The van der Waals surface area contributed by atoms with Crippen molar-refractivity contribution in [3.8, 4) is 0 Å². The molecule has 1 aliphatic rings. The van der Waals surface area contributed by atoms with Crippen molar-refractivity contribution in [1.82, 2.24) is 4.90 Å². The van der Waals surface area contributed by atoms with Crippen molar-refractivity contribution < 1.29 is 8.42 Å². The molecule has 0 amide bonds. The van der Waals surface area contributed by atoms with Crippen molar-refractivity contribution >= 4 is 9.84 Å². The summed E-state index contributed by atoms with van der Waals surface area (Å²) in [6, 6.07) is 6.03. The third-order valence-corrected chi connectivity index (χ3v) is 5.20. The van der Waals surface area contributed by atoms with Gasteiger partial charge in [-0.1, -0.05) is 12.1 Å². The molecule has 19 heavy (non-hydrogen) atoms. The molecule has 0 saturated carbocycles. The van der Waals surface area contributed by atoms with Gasteiger partial charge in [-0.15, -0.1) is 0 Å². The Labute approximate surface area is 115 Å². The summed E-state index contributed by atoms with van der Waals surface area (Å²) >= 11 is 0. The van der Waals surface area contributed by atoms with Gasteiger partial charge >= 0.3 is 0 Å². The molecule has 0 aromatic heterocycles. The fourth-order valence-corrected chi connectivity index (χ4v) is 3.89. The summed E-state index contributed by atoms with van der Waals surface area (Å²) in [7, 11) is -1.10. The number of nitrogens with zero attached hydrogens (tertiary/aromatic N) is 1. The highest BCUT2D eigenvalue weighted by atomic mass is 32.2. The lowest BCUT2D eigenvalue weighted by Gasteiger charge is -2.20. The number of benzene rings is 1. The van der Waals surface area contributed by atoms with Crippen LogP contribution in [0.15, 0.2) is 23.1 Å². The molecule has 1 aromatic rings. The topological polar surface area (TPSA) is 63.4 Å². The van der Waals surface area contributed by atoms with E-state index in [4.69, 9.17) is 5.73 Å². The van der Waals surface area contributed by atoms with E-state index >= 15 is 0 Å². The van der Waals surface area contributed by atoms with Crippen molar-refractivity contribution in [3.63, 3.8) is 0 Å². The van der Waals surface area contributed by atoms with Crippen LogP contribution in [-0.4, -0.2) is 39.7 Å². The van der Waals surface area contributed by atoms with Gasteiger partial charge in [-0.2, -0.15) is 0 Å². The highest BCUT2D eigenvalue weighted by molar-refractivity contribution is 7.90. The first-order valence-electron chi connectivity index (χ1n) is 6.54. The quantitative estimate of drug-likeness (QED) is 0.909. The summed E-state index contributed by atoms with van der Waals surface area (Å²) < 4.78 is 23.6. The molecule has 2 unspecified atom stereocenters. The third kappa shape index (κ3) is 2.99. The van der Waals surface area contributed by atoms with Gasteiger partial charge in [0, 0.05) is 18.8 Å². The maximum atomic E-state index is 11.8. The van der Waals surface area contributed by atoms with Crippen molar-refractivity contribution in [2.75, 3.05) is 26.4 Å². The van der Waals surface area contributed by atoms with Gasteiger partial charge in [0.2, 0.25) is 0 Å². The van der Waals surface area contributed by atoms with E-state index in [1.807, 2.05) is 25.1 Å². The molecule has 106 valence electrons. The number of hydrogen-bond acceptors (Lipinski definition) is 4. The Morgan fingerprint density at radius 3 is 2.63 bits per heavy atom. The Morgan fingerprint density at radius 1 is 1.42 bits per heavy atom. The molecular weight excluding hydrogens is 260 g/mol. The minimum absolute atomic E-state index is 0.273. The molecule has 2 atom stereocenters. The molecule has 2 rings (SSSR count). The second-order valence-corrected chi connectivity index (χ2v) is 7.57. The van der Waals surface area contributed by atoms with Gasteiger partial charge < -0.3 is 5.73 Å². The Morgan fingerprint density at radius 2 is 2.11 bits per heavy atom. The van der Waals surface area contributed by atoms with Crippen molar-refractivity contribution in [3.05, 3.63) is 29.3 Å². The van der Waals surface area contributed by atoms with Crippen molar-refractivity contribution in [2.24, 2.45) is 11.7 Å². The number of likely N-dealkylation sites (tertiary alicyclic amines) is 1. The largest absolute Gasteiger partial charge is 0.330 e. The Balaban J connectivity index is 2.37. The van der Waals surface area contributed by atoms with Gasteiger partial charge in [-0.3, -0.25) is 4.90 Å². The van der Waals surface area contributed by atoms with Gasteiger partial charge in [-0.25, -0.2) is 8.42 Å². The van der Waals surface area contributed by atoms with E-state index in [1.54, 1.807) is 0 Å². The van der Waals surface area contributed by atoms with Gasteiger partial charge in [0.05, 0.1) is 4.90 Å². The van der Waals surface area contributed by atoms with E-state index in [0.29, 0.717) is 17.4 Å². The van der Waals surface area contributed by atoms with Gasteiger partial charge in [0.25, 0.3) is 0 Å². The second kappa shape index (κ2) is 5.23. The number of rotatable bonds is 3. The Bertz CT molecular complexity index is 569. The lowest BCUT2D eigenvalue weighted by Crippen LogP contribution is -2.20. The predicted molar refractivity (Wildman–Crippen MR) is 76.8 cm³/mol. The molecule has 1 aliphatic heterocycles. The highest BCUT2D eigenvalue weighted by Crippen LogP contribution is 2.34. The number of hydrogen-bond donors (Lipinski definition) is 1. The van der Waals surface area contributed by atoms with Crippen LogP contribution < -0.4 is 5.73 Å². The molecule has 2 N–H and O–H groups in total. The first-order valence-corrected chi connectivity index (χ1v) is 8.43. The van der Waals surface area contributed by atoms with Gasteiger partial charge in [0.1, 0.15) is 0 Å². The van der Waals surface area contributed by atoms with Crippen LogP contribution in [0.2, 0.25) is 0 Å². The molecule has 1 fully saturated rings. The van der Waals surface area contributed by atoms with E-state index in [1.165, 1.54) is 6.26 Å². The van der Waals surface area contributed by atoms with Crippen LogP contribution in [0.5, 0.6) is 0 Å². The van der Waals surface area contributed by atoms with Crippen LogP contribution in [0.25, 0.3) is 0 Å². The summed E-state index contributed by atoms with van der Waals surface area (Å²) in [6.45, 7) is 3.50. The second-order valence-electron chi connectivity index (χ2n) is 5.59. The maximum Gasteiger partial charge on any atom is 0.175 e. The van der Waals surface area contributed by atoms with Crippen molar-refractivity contribution in [2.45, 2.75) is 24.3 Å². The maximum absolute atomic E-state index is 11.8. The van der Waals surface area contributed by atoms with E-state index in [9.17, 15) is 8.42 Å². The normalized spacial score (nSPS) is 24.8. The summed E-state index contributed by atoms with van der Waals surface area (Å²) in [5.74, 6) is 0.498. The molecule has 1 aromatic carbocycles. The third-order valence-electron chi connectivity index (χ3n) is 3.96. The summed E-state index contributed by atoms with van der Waals surface area (Å²) in [5.41, 5.74) is 7.62. The van der Waals surface area contributed by atoms with E-state index in [0.717, 1.165) is 24.1 Å². The Kier molecular flexibility index (Phi) is 3.99. The first-order chi connectivity index (χ1) is 8.82. The molecule has 0 spiro atoms. The summed E-state index contributed by atoms with van der Waals surface area (Å²) in [5, 5.41) is 0. The van der Waals surface area contributed by atoms with Crippen LogP contribution in [0, 0.1) is 12.8 Å². The highest BCUT2D eigenvalue weighted by Gasteiger charge is 2.30. The number of aryl methyl sites for hydroxylation is 1. The van der Waals surface area contributed by atoms with Gasteiger partial charge in [0.15, 0.2) is 9.84 Å². The molecule has 0 radical (unpaired) electrons. The van der Waals surface area contributed by atoms with Gasteiger partial charge in [-0.05, 0) is 50.0 Å². The number of sulfone groups is 1. The standard InChI is InChI=1S/C14H22N2O2S/c1-10-4-5-12(7-14(10)19(3,17)18)13-6-11(8-15)9-16(13)2/h4-5,7,11,13H,6,8-9,15H2,1-3H3. The molecular formula is C14H22N2O2S. The average Bonchev–Trinajstić information content (AvgIpc) is 2.70. The zero-order valence-corrected chi connectivity index (χ0v) is 12.6. The average molecular weight is 282 g/mol. The molecule has 1 saturated heterocycles. The Hall–Kier alpha value is -0.910. The first kappa shape index (κ1) is 14.5. The van der Waals surface area contributed by atoms with Crippen LogP contribution in [0.1, 0.15) is 23.6 Å². The lowest BCUT2D eigenvalue weighted by atomic mass is 9.99. The van der Waals surface area contributed by atoms with Crippen LogP contribution in [0.3, 0.4) is 0 Å². The monoisotopic (exact) mass is 282 g/mol. The minimum atomic E-state index is -3.17. The van der Waals surface area contributed by atoms with Crippen LogP contribution in [0.4, 0.5) is 0 Å². The van der Waals surface area contributed by atoms with E-state index in [-0.39, 0.29) is 6.04 Å². The summed E-state index contributed by atoms with van der Waals surface area (Å²) in [6.07, 6.45) is 2.26. The van der Waals surface area contributed by atoms with E-state index in [2.05, 4.69) is 11.9 Å². The molecule has 0 bridgehead atoms. The minimum Gasteiger partial charge on any atom is -0.330 e.